The van der Waals surface area contributed by atoms with Crippen molar-refractivity contribution in [2.45, 2.75) is 32.5 Å². The first kappa shape index (κ1) is 21.2. The topological polar surface area (TPSA) is 70.4 Å². The molecule has 3 heterocycles. The van der Waals surface area contributed by atoms with Crippen molar-refractivity contribution in [2.24, 2.45) is 4.99 Å². The molecule has 1 aliphatic rings. The van der Waals surface area contributed by atoms with Crippen LogP contribution >= 0.6 is 11.6 Å². The summed E-state index contributed by atoms with van der Waals surface area (Å²) in [6, 6.07) is 12.6. The van der Waals surface area contributed by atoms with Gasteiger partial charge in [0.1, 0.15) is 11.6 Å². The molecular weight excluding hydrogens is 410 g/mol. The normalized spacial score (nSPS) is 16.5. The number of guanidine groups is 1. The third kappa shape index (κ3) is 5.35. The van der Waals surface area contributed by atoms with E-state index in [-0.39, 0.29) is 0 Å². The lowest BCUT2D eigenvalue weighted by molar-refractivity contribution is 0.648. The van der Waals surface area contributed by atoms with Crippen molar-refractivity contribution in [2.75, 3.05) is 25.0 Å². The molecule has 4 rings (SSSR count). The monoisotopic (exact) mass is 437 g/mol. The zero-order valence-electron chi connectivity index (χ0n) is 17.9. The number of hydrogen-bond donors (Lipinski definition) is 2. The van der Waals surface area contributed by atoms with E-state index in [9.17, 15) is 0 Å². The van der Waals surface area contributed by atoms with Gasteiger partial charge in [0.2, 0.25) is 0 Å². The molecule has 1 atom stereocenters. The fourth-order valence-electron chi connectivity index (χ4n) is 3.86. The second-order valence-corrected chi connectivity index (χ2v) is 8.14. The Kier molecular flexibility index (Phi) is 6.72. The van der Waals surface area contributed by atoms with Gasteiger partial charge in [-0.1, -0.05) is 35.9 Å². The highest BCUT2D eigenvalue weighted by Crippen LogP contribution is 2.25. The molecule has 1 unspecified atom stereocenters. The van der Waals surface area contributed by atoms with Crippen molar-refractivity contribution in [1.82, 2.24) is 25.2 Å². The molecule has 0 amide bonds. The van der Waals surface area contributed by atoms with Crippen LogP contribution in [0.4, 0.5) is 5.82 Å². The van der Waals surface area contributed by atoms with Gasteiger partial charge in [-0.15, -0.1) is 0 Å². The van der Waals surface area contributed by atoms with Gasteiger partial charge in [-0.2, -0.15) is 0 Å². The third-order valence-electron chi connectivity index (χ3n) is 5.52. The summed E-state index contributed by atoms with van der Waals surface area (Å²) in [5, 5.41) is 7.65. The van der Waals surface area contributed by atoms with E-state index in [2.05, 4.69) is 59.3 Å². The van der Waals surface area contributed by atoms with Crippen LogP contribution in [0.2, 0.25) is 5.02 Å². The fourth-order valence-corrected chi connectivity index (χ4v) is 4.10. The van der Waals surface area contributed by atoms with E-state index in [1.807, 2.05) is 31.5 Å². The van der Waals surface area contributed by atoms with Gasteiger partial charge in [-0.25, -0.2) is 9.97 Å². The Morgan fingerprint density at radius 2 is 2.06 bits per heavy atom. The van der Waals surface area contributed by atoms with Gasteiger partial charge >= 0.3 is 0 Å². The van der Waals surface area contributed by atoms with Crippen LogP contribution in [0.25, 0.3) is 0 Å². The first-order valence-electron chi connectivity index (χ1n) is 10.5. The summed E-state index contributed by atoms with van der Waals surface area (Å²) in [7, 11) is 1.80. The zero-order chi connectivity index (χ0) is 21.6. The number of aryl methyl sites for hydroxylation is 1. The summed E-state index contributed by atoms with van der Waals surface area (Å²) >= 11 is 6.30. The quantitative estimate of drug-likeness (QED) is 0.457. The van der Waals surface area contributed by atoms with Crippen molar-refractivity contribution in [3.05, 3.63) is 77.0 Å². The number of nitrogens with zero attached hydrogens (tertiary/aromatic N) is 5. The molecule has 7 nitrogen and oxygen atoms in total. The van der Waals surface area contributed by atoms with E-state index in [4.69, 9.17) is 11.6 Å². The Balaban J connectivity index is 1.31. The van der Waals surface area contributed by atoms with E-state index >= 15 is 0 Å². The molecule has 1 aliphatic heterocycles. The minimum atomic E-state index is 0.292. The molecule has 0 spiro atoms. The number of benzene rings is 1. The van der Waals surface area contributed by atoms with Crippen LogP contribution in [-0.2, 0) is 13.1 Å². The number of rotatable bonds is 6. The maximum Gasteiger partial charge on any atom is 0.191 e. The predicted octanol–water partition coefficient (Wildman–Crippen LogP) is 3.23. The molecule has 0 radical (unpaired) electrons. The van der Waals surface area contributed by atoms with Gasteiger partial charge in [0.25, 0.3) is 0 Å². The molecule has 162 valence electrons. The molecule has 8 heteroatoms. The standard InChI is InChI=1S/C23H28ClN7/c1-17-26-10-12-30(17)15-19-6-3-5-18(13-19)14-28-23(25-2)29-20-8-11-31(16-20)22-21(24)7-4-9-27-22/h3-7,9-10,12-13,20H,8,11,14-16H2,1-2H3,(H2,25,28,29). The van der Waals surface area contributed by atoms with E-state index in [0.29, 0.717) is 17.6 Å². The Labute approximate surface area is 188 Å². The number of nitrogens with one attached hydrogen (secondary N) is 2. The molecule has 1 aromatic carbocycles. The second kappa shape index (κ2) is 9.83. The number of halogens is 1. The number of hydrogen-bond acceptors (Lipinski definition) is 4. The highest BCUT2D eigenvalue weighted by Gasteiger charge is 2.25. The SMILES string of the molecule is CN=C(NCc1cccc(Cn2ccnc2C)c1)NC1CCN(c2ncccc2Cl)C1. The molecule has 1 fully saturated rings. The van der Waals surface area contributed by atoms with Crippen LogP contribution < -0.4 is 15.5 Å². The van der Waals surface area contributed by atoms with Crippen molar-refractivity contribution in [1.29, 1.82) is 0 Å². The number of aromatic nitrogens is 3. The summed E-state index contributed by atoms with van der Waals surface area (Å²) in [6.45, 7) is 5.31. The fraction of sp³-hybridized carbons (Fsp3) is 0.348. The van der Waals surface area contributed by atoms with E-state index in [0.717, 1.165) is 43.7 Å². The number of imidazole rings is 1. The molecule has 1 saturated heterocycles. The van der Waals surface area contributed by atoms with E-state index in [1.165, 1.54) is 11.1 Å². The summed E-state index contributed by atoms with van der Waals surface area (Å²) in [4.78, 5) is 15.3. The summed E-state index contributed by atoms with van der Waals surface area (Å²) < 4.78 is 2.15. The Hall–Kier alpha value is -3.06. The average Bonchev–Trinajstić information content (AvgIpc) is 3.41. The lowest BCUT2D eigenvalue weighted by Gasteiger charge is -2.20. The van der Waals surface area contributed by atoms with Crippen molar-refractivity contribution in [3.8, 4) is 0 Å². The zero-order valence-corrected chi connectivity index (χ0v) is 18.7. The largest absolute Gasteiger partial charge is 0.353 e. The molecule has 3 aromatic rings. The van der Waals surface area contributed by atoms with Crippen LogP contribution in [0.5, 0.6) is 0 Å². The first-order chi connectivity index (χ1) is 15.1. The first-order valence-corrected chi connectivity index (χ1v) is 10.9. The molecular formula is C23H28ClN7. The van der Waals surface area contributed by atoms with Gasteiger partial charge in [0, 0.05) is 57.9 Å². The Bertz CT molecular complexity index is 1050. The highest BCUT2D eigenvalue weighted by molar-refractivity contribution is 6.32. The second-order valence-electron chi connectivity index (χ2n) is 7.73. The van der Waals surface area contributed by atoms with Gasteiger partial charge in [0.15, 0.2) is 5.96 Å². The lowest BCUT2D eigenvalue weighted by atomic mass is 10.1. The molecule has 0 aliphatic carbocycles. The van der Waals surface area contributed by atoms with Crippen molar-refractivity contribution in [3.63, 3.8) is 0 Å². The Morgan fingerprint density at radius 3 is 2.84 bits per heavy atom. The maximum atomic E-state index is 6.30. The minimum Gasteiger partial charge on any atom is -0.353 e. The molecule has 31 heavy (non-hydrogen) atoms. The van der Waals surface area contributed by atoms with Crippen LogP contribution in [0.15, 0.2) is 60.0 Å². The molecule has 0 bridgehead atoms. The van der Waals surface area contributed by atoms with Crippen molar-refractivity contribution < 1.29 is 0 Å². The Morgan fingerprint density at radius 1 is 1.19 bits per heavy atom. The van der Waals surface area contributed by atoms with Gasteiger partial charge in [-0.3, -0.25) is 4.99 Å². The summed E-state index contributed by atoms with van der Waals surface area (Å²) in [5.41, 5.74) is 2.47. The minimum absolute atomic E-state index is 0.292. The van der Waals surface area contributed by atoms with Crippen LogP contribution in [0.3, 0.4) is 0 Å². The summed E-state index contributed by atoms with van der Waals surface area (Å²) in [5.74, 6) is 2.67. The van der Waals surface area contributed by atoms with Gasteiger partial charge < -0.3 is 20.1 Å². The van der Waals surface area contributed by atoms with E-state index in [1.54, 1.807) is 13.2 Å². The molecule has 0 saturated carbocycles. The number of pyridine rings is 1. The van der Waals surface area contributed by atoms with Crippen LogP contribution in [0.1, 0.15) is 23.4 Å². The predicted molar refractivity (Wildman–Crippen MR) is 126 cm³/mol. The summed E-state index contributed by atoms with van der Waals surface area (Å²) in [6.07, 6.45) is 6.63. The maximum absolute atomic E-state index is 6.30. The van der Waals surface area contributed by atoms with Gasteiger partial charge in [0.05, 0.1) is 5.02 Å². The average molecular weight is 438 g/mol. The van der Waals surface area contributed by atoms with E-state index < -0.39 is 0 Å². The van der Waals surface area contributed by atoms with Crippen molar-refractivity contribution >= 4 is 23.4 Å². The number of anilines is 1. The smallest absolute Gasteiger partial charge is 0.191 e. The third-order valence-corrected chi connectivity index (χ3v) is 5.81. The van der Waals surface area contributed by atoms with Gasteiger partial charge in [-0.05, 0) is 36.6 Å². The van der Waals surface area contributed by atoms with Crippen LogP contribution in [0, 0.1) is 6.92 Å². The molecule has 2 N–H and O–H groups in total. The number of aliphatic imine (C=N–C) groups is 1. The lowest BCUT2D eigenvalue weighted by Crippen LogP contribution is -2.44. The van der Waals surface area contributed by atoms with Crippen LogP contribution in [-0.4, -0.2) is 46.7 Å². The molecule has 2 aromatic heterocycles. The highest BCUT2D eigenvalue weighted by atomic mass is 35.5.